The number of ether oxygens (including phenoxy) is 1. The molecule has 2 rings (SSSR count). The van der Waals surface area contributed by atoms with Crippen molar-refractivity contribution >= 4 is 11.8 Å². The summed E-state index contributed by atoms with van der Waals surface area (Å²) in [5, 5.41) is 0. The molecule has 20 heavy (non-hydrogen) atoms. The normalized spacial score (nSPS) is 19.2. The number of benzene rings is 1. The van der Waals surface area contributed by atoms with Gasteiger partial charge in [0, 0.05) is 12.2 Å². The van der Waals surface area contributed by atoms with Gasteiger partial charge in [0.25, 0.3) is 0 Å². The predicted octanol–water partition coefficient (Wildman–Crippen LogP) is 3.65. The SMILES string of the molecule is Cc1cc(N)ccc1C1CCCN1C(=O)OC(C)(C)C. The lowest BCUT2D eigenvalue weighted by Gasteiger charge is -2.29. The standard InChI is InChI=1S/C16H24N2O2/c1-11-10-12(17)7-8-13(11)14-6-5-9-18(14)15(19)20-16(2,3)4/h7-8,10,14H,5-6,9,17H2,1-4H3. The van der Waals surface area contributed by atoms with E-state index in [0.29, 0.717) is 0 Å². The first-order valence-corrected chi connectivity index (χ1v) is 7.13. The van der Waals surface area contributed by atoms with Crippen molar-refractivity contribution < 1.29 is 9.53 Å². The molecule has 4 heteroatoms. The van der Waals surface area contributed by atoms with Gasteiger partial charge in [0.15, 0.2) is 0 Å². The quantitative estimate of drug-likeness (QED) is 0.797. The zero-order valence-corrected chi connectivity index (χ0v) is 12.8. The summed E-state index contributed by atoms with van der Waals surface area (Å²) in [6, 6.07) is 5.98. The molecule has 4 nitrogen and oxygen atoms in total. The van der Waals surface area contributed by atoms with Crippen LogP contribution in [0.3, 0.4) is 0 Å². The fourth-order valence-corrected chi connectivity index (χ4v) is 2.70. The zero-order valence-electron chi connectivity index (χ0n) is 12.8. The van der Waals surface area contributed by atoms with Gasteiger partial charge < -0.3 is 15.4 Å². The Morgan fingerprint density at radius 2 is 2.10 bits per heavy atom. The molecule has 2 N–H and O–H groups in total. The molecule has 0 saturated carbocycles. The number of anilines is 1. The van der Waals surface area contributed by atoms with Crippen LogP contribution in [-0.2, 0) is 4.74 Å². The van der Waals surface area contributed by atoms with E-state index in [1.807, 2.05) is 50.8 Å². The van der Waals surface area contributed by atoms with E-state index in [0.717, 1.165) is 30.6 Å². The molecular weight excluding hydrogens is 252 g/mol. The van der Waals surface area contributed by atoms with Crippen molar-refractivity contribution in [1.82, 2.24) is 4.90 Å². The van der Waals surface area contributed by atoms with E-state index in [-0.39, 0.29) is 12.1 Å². The summed E-state index contributed by atoms with van der Waals surface area (Å²) in [5.74, 6) is 0. The molecule has 110 valence electrons. The van der Waals surface area contributed by atoms with E-state index in [4.69, 9.17) is 10.5 Å². The lowest BCUT2D eigenvalue weighted by Crippen LogP contribution is -2.36. The van der Waals surface area contributed by atoms with Gasteiger partial charge in [-0.05, 0) is 63.8 Å². The van der Waals surface area contributed by atoms with Crippen molar-refractivity contribution in [2.24, 2.45) is 0 Å². The number of carbonyl (C=O) groups is 1. The molecule has 1 aliphatic heterocycles. The highest BCUT2D eigenvalue weighted by molar-refractivity contribution is 5.69. The van der Waals surface area contributed by atoms with Gasteiger partial charge in [-0.3, -0.25) is 0 Å². The van der Waals surface area contributed by atoms with Gasteiger partial charge in [-0.2, -0.15) is 0 Å². The molecule has 0 aliphatic carbocycles. The van der Waals surface area contributed by atoms with Gasteiger partial charge in [-0.1, -0.05) is 6.07 Å². The number of nitrogens with zero attached hydrogens (tertiary/aromatic N) is 1. The van der Waals surface area contributed by atoms with Crippen LogP contribution in [0, 0.1) is 6.92 Å². The van der Waals surface area contributed by atoms with Crippen LogP contribution in [0.25, 0.3) is 0 Å². The van der Waals surface area contributed by atoms with Gasteiger partial charge in [-0.15, -0.1) is 0 Å². The monoisotopic (exact) mass is 276 g/mol. The highest BCUT2D eigenvalue weighted by Gasteiger charge is 2.33. The molecule has 1 unspecified atom stereocenters. The number of hydrogen-bond acceptors (Lipinski definition) is 3. The van der Waals surface area contributed by atoms with Crippen LogP contribution in [0.4, 0.5) is 10.5 Å². The number of rotatable bonds is 1. The highest BCUT2D eigenvalue weighted by Crippen LogP contribution is 2.35. The molecule has 1 aliphatic rings. The van der Waals surface area contributed by atoms with Crippen LogP contribution in [-0.4, -0.2) is 23.1 Å². The molecule has 1 saturated heterocycles. The van der Waals surface area contributed by atoms with Crippen molar-refractivity contribution in [3.8, 4) is 0 Å². The maximum Gasteiger partial charge on any atom is 0.410 e. The number of amides is 1. The van der Waals surface area contributed by atoms with Crippen LogP contribution in [0.15, 0.2) is 18.2 Å². The van der Waals surface area contributed by atoms with Crippen LogP contribution in [0.1, 0.15) is 50.8 Å². The first-order valence-electron chi connectivity index (χ1n) is 7.13. The molecule has 1 fully saturated rings. The minimum atomic E-state index is -0.458. The molecule has 1 atom stereocenters. The molecule has 1 heterocycles. The third kappa shape index (κ3) is 3.24. The van der Waals surface area contributed by atoms with E-state index < -0.39 is 5.60 Å². The highest BCUT2D eigenvalue weighted by atomic mass is 16.6. The number of nitrogen functional groups attached to an aromatic ring is 1. The lowest BCUT2D eigenvalue weighted by atomic mass is 9.99. The van der Waals surface area contributed by atoms with E-state index in [9.17, 15) is 4.79 Å². The van der Waals surface area contributed by atoms with Gasteiger partial charge in [0.05, 0.1) is 6.04 Å². The fraction of sp³-hybridized carbons (Fsp3) is 0.562. The molecular formula is C16H24N2O2. The summed E-state index contributed by atoms with van der Waals surface area (Å²) in [6.45, 7) is 8.47. The smallest absolute Gasteiger partial charge is 0.410 e. The zero-order chi connectivity index (χ0) is 14.9. The van der Waals surface area contributed by atoms with Crippen molar-refractivity contribution in [2.45, 2.75) is 52.2 Å². The van der Waals surface area contributed by atoms with Crippen LogP contribution in [0.5, 0.6) is 0 Å². The van der Waals surface area contributed by atoms with Crippen molar-refractivity contribution in [2.75, 3.05) is 12.3 Å². The van der Waals surface area contributed by atoms with Gasteiger partial charge in [-0.25, -0.2) is 4.79 Å². The van der Waals surface area contributed by atoms with Gasteiger partial charge >= 0.3 is 6.09 Å². The van der Waals surface area contributed by atoms with Gasteiger partial charge in [0.2, 0.25) is 0 Å². The number of carbonyl (C=O) groups excluding carboxylic acids is 1. The van der Waals surface area contributed by atoms with E-state index >= 15 is 0 Å². The summed E-state index contributed by atoms with van der Waals surface area (Å²) < 4.78 is 5.50. The number of likely N-dealkylation sites (tertiary alicyclic amines) is 1. The lowest BCUT2D eigenvalue weighted by molar-refractivity contribution is 0.0224. The Kier molecular flexibility index (Phi) is 3.93. The Labute approximate surface area is 120 Å². The summed E-state index contributed by atoms with van der Waals surface area (Å²) >= 11 is 0. The van der Waals surface area contributed by atoms with Crippen LogP contribution >= 0.6 is 0 Å². The average molecular weight is 276 g/mol. The van der Waals surface area contributed by atoms with E-state index in [2.05, 4.69) is 0 Å². The molecule has 1 aromatic carbocycles. The predicted molar refractivity (Wildman–Crippen MR) is 80.5 cm³/mol. The summed E-state index contributed by atoms with van der Waals surface area (Å²) in [4.78, 5) is 14.1. The summed E-state index contributed by atoms with van der Waals surface area (Å²) in [7, 11) is 0. The molecule has 0 bridgehead atoms. The average Bonchev–Trinajstić information content (AvgIpc) is 2.75. The minimum absolute atomic E-state index is 0.102. The second kappa shape index (κ2) is 5.35. The fourth-order valence-electron chi connectivity index (χ4n) is 2.70. The van der Waals surface area contributed by atoms with Crippen molar-refractivity contribution in [3.63, 3.8) is 0 Å². The molecule has 1 amide bonds. The summed E-state index contributed by atoms with van der Waals surface area (Å²) in [5.41, 5.74) is 8.40. The van der Waals surface area contributed by atoms with Gasteiger partial charge in [0.1, 0.15) is 5.60 Å². The largest absolute Gasteiger partial charge is 0.444 e. The second-order valence-electron chi connectivity index (χ2n) is 6.45. The minimum Gasteiger partial charge on any atom is -0.444 e. The Bertz CT molecular complexity index is 506. The maximum atomic E-state index is 12.3. The Hall–Kier alpha value is -1.71. The summed E-state index contributed by atoms with van der Waals surface area (Å²) in [6.07, 6.45) is 1.76. The maximum absolute atomic E-state index is 12.3. The van der Waals surface area contributed by atoms with Crippen LogP contribution in [0.2, 0.25) is 0 Å². The third-order valence-corrected chi connectivity index (χ3v) is 3.53. The van der Waals surface area contributed by atoms with E-state index in [1.54, 1.807) is 0 Å². The first kappa shape index (κ1) is 14.7. The van der Waals surface area contributed by atoms with E-state index in [1.165, 1.54) is 5.56 Å². The Morgan fingerprint density at radius 3 is 2.70 bits per heavy atom. The third-order valence-electron chi connectivity index (χ3n) is 3.53. The number of hydrogen-bond donors (Lipinski definition) is 1. The Balaban J connectivity index is 2.21. The van der Waals surface area contributed by atoms with Crippen molar-refractivity contribution in [3.05, 3.63) is 29.3 Å². The first-order chi connectivity index (χ1) is 9.28. The topological polar surface area (TPSA) is 55.6 Å². The molecule has 0 aromatic heterocycles. The second-order valence-corrected chi connectivity index (χ2v) is 6.45. The molecule has 1 aromatic rings. The van der Waals surface area contributed by atoms with Crippen molar-refractivity contribution in [1.29, 1.82) is 0 Å². The molecule has 0 spiro atoms. The Morgan fingerprint density at radius 1 is 1.40 bits per heavy atom. The number of nitrogens with two attached hydrogens (primary N) is 1. The molecule has 0 radical (unpaired) electrons. The van der Waals surface area contributed by atoms with Crippen LogP contribution < -0.4 is 5.73 Å². The number of aryl methyl sites for hydroxylation is 1.